The van der Waals surface area contributed by atoms with Crippen LogP contribution in [0.25, 0.3) is 0 Å². The van der Waals surface area contributed by atoms with E-state index in [1.165, 1.54) is 0 Å². The number of amides is 3. The topological polar surface area (TPSA) is 73.0 Å². The summed E-state index contributed by atoms with van der Waals surface area (Å²) in [6.07, 6.45) is 4.76. The van der Waals surface area contributed by atoms with Gasteiger partial charge < -0.3 is 20.0 Å². The van der Waals surface area contributed by atoms with Crippen LogP contribution in [0.5, 0.6) is 0 Å². The Morgan fingerprint density at radius 1 is 0.881 bits per heavy atom. The lowest BCUT2D eigenvalue weighted by Gasteiger charge is -2.38. The molecule has 1 atom stereocenters. The van der Waals surface area contributed by atoms with Crippen molar-refractivity contribution in [3.63, 3.8) is 0 Å². The van der Waals surface area contributed by atoms with Gasteiger partial charge in [-0.25, -0.2) is 0 Å². The molecular weight excluding hydrogens is 524 g/mol. The molecule has 3 aromatic rings. The van der Waals surface area contributed by atoms with Crippen molar-refractivity contribution in [2.24, 2.45) is 5.92 Å². The molecule has 7 nitrogen and oxygen atoms in total. The highest BCUT2D eigenvalue weighted by Gasteiger charge is 2.30. The fraction of sp³-hybridized carbons (Fsp3) is 0.400. The zero-order chi connectivity index (χ0) is 29.5. The molecule has 220 valence electrons. The van der Waals surface area contributed by atoms with Crippen LogP contribution in [0, 0.1) is 5.92 Å². The highest BCUT2D eigenvalue weighted by atomic mass is 16.2. The fourth-order valence-corrected chi connectivity index (χ4v) is 6.25. The average Bonchev–Trinajstić information content (AvgIpc) is 3.58. The van der Waals surface area contributed by atoms with Crippen LogP contribution >= 0.6 is 0 Å². The third-order valence-electron chi connectivity index (χ3n) is 8.67. The van der Waals surface area contributed by atoms with Gasteiger partial charge in [0.2, 0.25) is 11.8 Å². The van der Waals surface area contributed by atoms with E-state index >= 15 is 0 Å². The first-order chi connectivity index (χ1) is 20.4. The van der Waals surface area contributed by atoms with Gasteiger partial charge in [0.25, 0.3) is 5.91 Å². The van der Waals surface area contributed by atoms with E-state index in [9.17, 15) is 14.4 Å². The Morgan fingerprint density at radius 2 is 1.52 bits per heavy atom. The number of nitrogens with one attached hydrogen (secondary N) is 1. The maximum atomic E-state index is 13.9. The number of anilines is 2. The molecule has 2 aliphatic rings. The van der Waals surface area contributed by atoms with E-state index in [-0.39, 0.29) is 29.6 Å². The number of rotatable bonds is 9. The third kappa shape index (κ3) is 6.84. The van der Waals surface area contributed by atoms with Crippen molar-refractivity contribution in [2.45, 2.75) is 51.5 Å². The summed E-state index contributed by atoms with van der Waals surface area (Å²) >= 11 is 0. The summed E-state index contributed by atoms with van der Waals surface area (Å²) in [6.45, 7) is 4.99. The number of nitrogens with zero attached hydrogens (tertiary/aromatic N) is 3. The van der Waals surface area contributed by atoms with Crippen molar-refractivity contribution in [3.05, 3.63) is 95.6 Å². The molecule has 0 spiro atoms. The second-order valence-electron chi connectivity index (χ2n) is 11.5. The molecule has 0 unspecified atom stereocenters. The van der Waals surface area contributed by atoms with Crippen LogP contribution in [0.15, 0.2) is 78.9 Å². The van der Waals surface area contributed by atoms with Crippen LogP contribution in [-0.4, -0.2) is 60.7 Å². The lowest BCUT2D eigenvalue weighted by Crippen LogP contribution is -2.50. The first kappa shape index (κ1) is 29.4. The van der Waals surface area contributed by atoms with Crippen LogP contribution in [0.2, 0.25) is 0 Å². The Balaban J connectivity index is 1.34. The molecule has 0 radical (unpaired) electrons. The van der Waals surface area contributed by atoms with Gasteiger partial charge in [-0.05, 0) is 48.6 Å². The number of carbonyl (C=O) groups is 3. The highest BCUT2D eigenvalue weighted by Crippen LogP contribution is 2.30. The Kier molecular flexibility index (Phi) is 9.57. The second kappa shape index (κ2) is 13.7. The van der Waals surface area contributed by atoms with Gasteiger partial charge in [0.1, 0.15) is 0 Å². The normalized spacial score (nSPS) is 16.2. The number of hydrogen-bond acceptors (Lipinski definition) is 4. The second-order valence-corrected chi connectivity index (χ2v) is 11.5. The van der Waals surface area contributed by atoms with Gasteiger partial charge in [-0.1, -0.05) is 80.4 Å². The minimum atomic E-state index is -0.149. The standard InChI is InChI=1S/C35H42N4O3/c1-3-30(27-14-8-5-9-15-27)35(42)39-22-20-38(21-23-39)32-19-18-29(36-33(40)28-16-10-11-17-28)24-31(32)34(41)37(2)25-26-12-6-4-7-13-26/h4-9,12-15,18-19,24,28,30H,3,10-11,16-17,20-23,25H2,1-2H3,(H,36,40)/t30-/m0/s1. The van der Waals surface area contributed by atoms with Gasteiger partial charge in [0.15, 0.2) is 0 Å². The highest BCUT2D eigenvalue weighted by molar-refractivity contribution is 6.02. The zero-order valence-electron chi connectivity index (χ0n) is 24.8. The van der Waals surface area contributed by atoms with E-state index in [0.29, 0.717) is 44.0 Å². The molecule has 0 bridgehead atoms. The molecule has 1 N–H and O–H groups in total. The maximum absolute atomic E-state index is 13.9. The van der Waals surface area contributed by atoms with Crippen molar-refractivity contribution in [3.8, 4) is 0 Å². The van der Waals surface area contributed by atoms with Gasteiger partial charge in [-0.3, -0.25) is 14.4 Å². The molecule has 42 heavy (non-hydrogen) atoms. The van der Waals surface area contributed by atoms with E-state index < -0.39 is 0 Å². The molecular formula is C35H42N4O3. The van der Waals surface area contributed by atoms with E-state index in [1.807, 2.05) is 90.8 Å². The summed E-state index contributed by atoms with van der Waals surface area (Å²) < 4.78 is 0. The lowest BCUT2D eigenvalue weighted by atomic mass is 9.94. The minimum Gasteiger partial charge on any atom is -0.367 e. The molecule has 2 fully saturated rings. The molecule has 1 aliphatic carbocycles. The van der Waals surface area contributed by atoms with Crippen LogP contribution in [0.1, 0.15) is 66.4 Å². The summed E-state index contributed by atoms with van der Waals surface area (Å²) in [5, 5.41) is 3.07. The van der Waals surface area contributed by atoms with E-state index in [2.05, 4.69) is 17.1 Å². The first-order valence-corrected chi connectivity index (χ1v) is 15.3. The monoisotopic (exact) mass is 566 g/mol. The summed E-state index contributed by atoms with van der Waals surface area (Å²) in [7, 11) is 1.81. The van der Waals surface area contributed by atoms with E-state index in [0.717, 1.165) is 48.9 Å². The molecule has 0 aromatic heterocycles. The van der Waals surface area contributed by atoms with Gasteiger partial charge in [0.05, 0.1) is 11.5 Å². The van der Waals surface area contributed by atoms with Crippen LogP contribution in [0.4, 0.5) is 11.4 Å². The fourth-order valence-electron chi connectivity index (χ4n) is 6.25. The SMILES string of the molecule is CC[C@H](C(=O)N1CCN(c2ccc(NC(=O)C3CCCC3)cc2C(=O)N(C)Cc2ccccc2)CC1)c1ccccc1. The third-order valence-corrected chi connectivity index (χ3v) is 8.67. The van der Waals surface area contributed by atoms with Crippen molar-refractivity contribution in [1.29, 1.82) is 0 Å². The maximum Gasteiger partial charge on any atom is 0.256 e. The number of hydrogen-bond donors (Lipinski definition) is 1. The molecule has 1 heterocycles. The molecule has 3 aromatic carbocycles. The summed E-state index contributed by atoms with van der Waals surface area (Å²) in [6, 6.07) is 25.6. The Morgan fingerprint density at radius 3 is 2.17 bits per heavy atom. The lowest BCUT2D eigenvalue weighted by molar-refractivity contribution is -0.133. The van der Waals surface area contributed by atoms with Crippen LogP contribution in [0.3, 0.4) is 0 Å². The van der Waals surface area contributed by atoms with Gasteiger partial charge in [-0.2, -0.15) is 0 Å². The smallest absolute Gasteiger partial charge is 0.256 e. The van der Waals surface area contributed by atoms with Crippen LogP contribution in [-0.2, 0) is 16.1 Å². The predicted molar refractivity (Wildman–Crippen MR) is 168 cm³/mol. The van der Waals surface area contributed by atoms with Crippen molar-refractivity contribution in [1.82, 2.24) is 9.80 Å². The Bertz CT molecular complexity index is 1360. The molecule has 1 saturated carbocycles. The molecule has 3 amide bonds. The van der Waals surface area contributed by atoms with Gasteiger partial charge >= 0.3 is 0 Å². The number of carbonyl (C=O) groups excluding carboxylic acids is 3. The predicted octanol–water partition coefficient (Wildman–Crippen LogP) is 5.93. The molecule has 1 aliphatic heterocycles. The summed E-state index contributed by atoms with van der Waals surface area (Å²) in [5.74, 6) is -0.0127. The summed E-state index contributed by atoms with van der Waals surface area (Å²) in [5.41, 5.74) is 4.15. The quantitative estimate of drug-likeness (QED) is 0.349. The largest absolute Gasteiger partial charge is 0.367 e. The van der Waals surface area contributed by atoms with Crippen molar-refractivity contribution >= 4 is 29.1 Å². The number of piperazine rings is 1. The average molecular weight is 567 g/mol. The summed E-state index contributed by atoms with van der Waals surface area (Å²) in [4.78, 5) is 46.1. The minimum absolute atomic E-state index is 0.0345. The van der Waals surface area contributed by atoms with Crippen LogP contribution < -0.4 is 10.2 Å². The zero-order valence-corrected chi connectivity index (χ0v) is 24.8. The first-order valence-electron chi connectivity index (χ1n) is 15.3. The molecule has 5 rings (SSSR count). The number of benzene rings is 3. The Labute approximate surface area is 249 Å². The molecule has 1 saturated heterocycles. The van der Waals surface area contributed by atoms with E-state index in [4.69, 9.17) is 0 Å². The van der Waals surface area contributed by atoms with Gasteiger partial charge in [-0.15, -0.1) is 0 Å². The Hall–Kier alpha value is -4.13. The van der Waals surface area contributed by atoms with E-state index in [1.54, 1.807) is 4.90 Å². The van der Waals surface area contributed by atoms with Crippen molar-refractivity contribution in [2.75, 3.05) is 43.4 Å². The molecule has 7 heteroatoms. The van der Waals surface area contributed by atoms with Crippen molar-refractivity contribution < 1.29 is 14.4 Å². The van der Waals surface area contributed by atoms with Gasteiger partial charge in [0, 0.05) is 57.1 Å².